The van der Waals surface area contributed by atoms with E-state index in [1.54, 1.807) is 14.2 Å². The number of anilines is 1. The van der Waals surface area contributed by atoms with Gasteiger partial charge in [-0.1, -0.05) is 12.5 Å². The average Bonchev–Trinajstić information content (AvgIpc) is 3.39. The molecule has 172 valence electrons. The zero-order chi connectivity index (χ0) is 22.3. The lowest BCUT2D eigenvalue weighted by Gasteiger charge is -2.16. The fourth-order valence-electron chi connectivity index (χ4n) is 5.01. The van der Waals surface area contributed by atoms with Gasteiger partial charge in [-0.3, -0.25) is 4.79 Å². The predicted octanol–water partition coefficient (Wildman–Crippen LogP) is 4.39. The fourth-order valence-corrected chi connectivity index (χ4v) is 5.01. The Morgan fingerprint density at radius 3 is 2.41 bits per heavy atom. The van der Waals surface area contributed by atoms with Crippen LogP contribution in [0.25, 0.3) is 0 Å². The van der Waals surface area contributed by atoms with E-state index in [-0.39, 0.29) is 12.3 Å². The molecule has 1 amide bonds. The van der Waals surface area contributed by atoms with Crippen LogP contribution >= 0.6 is 0 Å². The van der Waals surface area contributed by atoms with Crippen LogP contribution in [-0.4, -0.2) is 51.3 Å². The highest BCUT2D eigenvalue weighted by Crippen LogP contribution is 2.37. The molecule has 4 rings (SSSR count). The van der Waals surface area contributed by atoms with Gasteiger partial charge in [0, 0.05) is 25.3 Å². The first kappa shape index (κ1) is 22.5. The SMILES string of the molecule is COc1ccc(CC(=O)Nc2ccc(OCCCN3CC4CCCC4C3)cc2)cc1OC. The van der Waals surface area contributed by atoms with Crippen LogP contribution in [0.2, 0.25) is 0 Å². The summed E-state index contributed by atoms with van der Waals surface area (Å²) in [7, 11) is 3.18. The van der Waals surface area contributed by atoms with E-state index in [4.69, 9.17) is 14.2 Å². The molecule has 32 heavy (non-hydrogen) atoms. The molecule has 2 fully saturated rings. The molecule has 2 aromatic carbocycles. The molecule has 1 aliphatic carbocycles. The molecule has 2 unspecified atom stereocenters. The molecule has 0 spiro atoms. The minimum Gasteiger partial charge on any atom is -0.494 e. The number of methoxy groups -OCH3 is 2. The van der Waals surface area contributed by atoms with Gasteiger partial charge in [0.05, 0.1) is 27.2 Å². The summed E-state index contributed by atoms with van der Waals surface area (Å²) in [5.41, 5.74) is 1.62. The molecule has 0 aromatic heterocycles. The third kappa shape index (κ3) is 5.74. The van der Waals surface area contributed by atoms with Crippen molar-refractivity contribution < 1.29 is 19.0 Å². The van der Waals surface area contributed by atoms with E-state index in [9.17, 15) is 4.79 Å². The number of amides is 1. The highest BCUT2D eigenvalue weighted by Gasteiger charge is 2.35. The Morgan fingerprint density at radius 2 is 1.72 bits per heavy atom. The number of rotatable bonds is 10. The number of benzene rings is 2. The van der Waals surface area contributed by atoms with Crippen molar-refractivity contribution in [3.63, 3.8) is 0 Å². The molecule has 2 atom stereocenters. The van der Waals surface area contributed by atoms with Crippen LogP contribution in [0.1, 0.15) is 31.2 Å². The maximum Gasteiger partial charge on any atom is 0.228 e. The van der Waals surface area contributed by atoms with E-state index in [0.29, 0.717) is 11.5 Å². The first-order valence-electron chi connectivity index (χ1n) is 11.6. The van der Waals surface area contributed by atoms with Crippen LogP contribution in [0.5, 0.6) is 17.2 Å². The van der Waals surface area contributed by atoms with E-state index >= 15 is 0 Å². The second kappa shape index (κ2) is 10.7. The van der Waals surface area contributed by atoms with E-state index in [0.717, 1.165) is 48.4 Å². The van der Waals surface area contributed by atoms with Crippen LogP contribution in [-0.2, 0) is 11.2 Å². The molecule has 1 N–H and O–H groups in total. The van der Waals surface area contributed by atoms with Crippen molar-refractivity contribution >= 4 is 11.6 Å². The standard InChI is InChI=1S/C26H34N2O4/c1-30-24-12-7-19(15-25(24)31-2)16-26(29)27-22-8-10-23(11-9-22)32-14-4-13-28-17-20-5-3-6-21(20)18-28/h7-12,15,20-21H,3-6,13-14,16-18H2,1-2H3,(H,27,29). The zero-order valence-electron chi connectivity index (χ0n) is 19.1. The predicted molar refractivity (Wildman–Crippen MR) is 126 cm³/mol. The Morgan fingerprint density at radius 1 is 1.00 bits per heavy atom. The lowest BCUT2D eigenvalue weighted by atomic mass is 10.0. The minimum atomic E-state index is -0.0822. The Bertz CT molecular complexity index is 887. The van der Waals surface area contributed by atoms with Gasteiger partial charge < -0.3 is 24.4 Å². The van der Waals surface area contributed by atoms with Gasteiger partial charge in [0.1, 0.15) is 5.75 Å². The molecule has 1 heterocycles. The summed E-state index contributed by atoms with van der Waals surface area (Å²) in [5, 5.41) is 2.93. The molecule has 0 bridgehead atoms. The van der Waals surface area contributed by atoms with Gasteiger partial charge in [-0.25, -0.2) is 0 Å². The summed E-state index contributed by atoms with van der Waals surface area (Å²) in [6, 6.07) is 13.1. The third-order valence-electron chi connectivity index (χ3n) is 6.64. The van der Waals surface area contributed by atoms with Crippen LogP contribution < -0.4 is 19.5 Å². The van der Waals surface area contributed by atoms with Crippen molar-refractivity contribution in [2.45, 2.75) is 32.1 Å². The van der Waals surface area contributed by atoms with Crippen LogP contribution in [0, 0.1) is 11.8 Å². The lowest BCUT2D eigenvalue weighted by molar-refractivity contribution is -0.115. The third-order valence-corrected chi connectivity index (χ3v) is 6.64. The summed E-state index contributed by atoms with van der Waals surface area (Å²) < 4.78 is 16.4. The summed E-state index contributed by atoms with van der Waals surface area (Å²) in [4.78, 5) is 15.0. The van der Waals surface area contributed by atoms with Crippen molar-refractivity contribution in [3.8, 4) is 17.2 Å². The van der Waals surface area contributed by atoms with Gasteiger partial charge in [-0.05, 0) is 73.1 Å². The van der Waals surface area contributed by atoms with Gasteiger partial charge in [0.15, 0.2) is 11.5 Å². The number of nitrogens with one attached hydrogen (secondary N) is 1. The molecule has 6 heteroatoms. The van der Waals surface area contributed by atoms with Crippen molar-refractivity contribution in [2.75, 3.05) is 45.8 Å². The smallest absolute Gasteiger partial charge is 0.228 e. The van der Waals surface area contributed by atoms with Gasteiger partial charge >= 0.3 is 0 Å². The molecule has 1 saturated heterocycles. The van der Waals surface area contributed by atoms with Crippen LogP contribution in [0.3, 0.4) is 0 Å². The van der Waals surface area contributed by atoms with Crippen molar-refractivity contribution in [3.05, 3.63) is 48.0 Å². The lowest BCUT2D eigenvalue weighted by Crippen LogP contribution is -2.24. The molecular formula is C26H34N2O4. The maximum absolute atomic E-state index is 12.4. The molecule has 1 saturated carbocycles. The number of ether oxygens (including phenoxy) is 3. The first-order valence-corrected chi connectivity index (χ1v) is 11.6. The number of nitrogens with zero attached hydrogens (tertiary/aromatic N) is 1. The van der Waals surface area contributed by atoms with Crippen LogP contribution in [0.15, 0.2) is 42.5 Å². The van der Waals surface area contributed by atoms with E-state index in [2.05, 4.69) is 10.2 Å². The Balaban J connectivity index is 1.18. The van der Waals surface area contributed by atoms with Gasteiger partial charge in [-0.15, -0.1) is 0 Å². The molecule has 2 aliphatic rings. The number of fused-ring (bicyclic) bond motifs is 1. The topological polar surface area (TPSA) is 60.0 Å². The van der Waals surface area contributed by atoms with Gasteiger partial charge in [0.25, 0.3) is 0 Å². The summed E-state index contributed by atoms with van der Waals surface area (Å²) in [6.07, 6.45) is 5.59. The number of carbonyl (C=O) groups is 1. The van der Waals surface area contributed by atoms with E-state index < -0.39 is 0 Å². The van der Waals surface area contributed by atoms with Crippen molar-refractivity contribution in [1.82, 2.24) is 4.90 Å². The van der Waals surface area contributed by atoms with E-state index in [1.807, 2.05) is 42.5 Å². The first-order chi connectivity index (χ1) is 15.6. The summed E-state index contributed by atoms with van der Waals surface area (Å²) in [6.45, 7) is 4.40. The van der Waals surface area contributed by atoms with Crippen LogP contribution in [0.4, 0.5) is 5.69 Å². The summed E-state index contributed by atoms with van der Waals surface area (Å²) in [5.74, 6) is 3.92. The van der Waals surface area contributed by atoms with Gasteiger partial charge in [0.2, 0.25) is 5.91 Å². The highest BCUT2D eigenvalue weighted by atomic mass is 16.5. The fraction of sp³-hybridized carbons (Fsp3) is 0.500. The normalized spacial score (nSPS) is 20.1. The molecule has 1 aliphatic heterocycles. The molecular weight excluding hydrogens is 404 g/mol. The maximum atomic E-state index is 12.4. The zero-order valence-corrected chi connectivity index (χ0v) is 19.1. The largest absolute Gasteiger partial charge is 0.494 e. The minimum absolute atomic E-state index is 0.0822. The van der Waals surface area contributed by atoms with Gasteiger partial charge in [-0.2, -0.15) is 0 Å². The van der Waals surface area contributed by atoms with Crippen molar-refractivity contribution in [2.24, 2.45) is 11.8 Å². The van der Waals surface area contributed by atoms with E-state index in [1.165, 1.54) is 32.4 Å². The Labute approximate surface area is 190 Å². The number of likely N-dealkylation sites (tertiary alicyclic amines) is 1. The molecule has 0 radical (unpaired) electrons. The Hall–Kier alpha value is -2.73. The number of hydrogen-bond donors (Lipinski definition) is 1. The second-order valence-electron chi connectivity index (χ2n) is 8.85. The molecule has 2 aromatic rings. The number of carbonyl (C=O) groups excluding carboxylic acids is 1. The highest BCUT2D eigenvalue weighted by molar-refractivity contribution is 5.92. The van der Waals surface area contributed by atoms with Crippen molar-refractivity contribution in [1.29, 1.82) is 0 Å². The summed E-state index contributed by atoms with van der Waals surface area (Å²) >= 11 is 0. The molecule has 6 nitrogen and oxygen atoms in total. The monoisotopic (exact) mass is 438 g/mol. The second-order valence-corrected chi connectivity index (χ2v) is 8.85. The Kier molecular flexibility index (Phi) is 7.53. The number of hydrogen-bond acceptors (Lipinski definition) is 5. The quantitative estimate of drug-likeness (QED) is 0.558. The average molecular weight is 439 g/mol.